The van der Waals surface area contributed by atoms with E-state index >= 15 is 0 Å². The first kappa shape index (κ1) is 15.9. The molecular formula is C11H26N2O2S. The summed E-state index contributed by atoms with van der Waals surface area (Å²) in [5.41, 5.74) is 5.64. The molecule has 0 bridgehead atoms. The highest BCUT2D eigenvalue weighted by Gasteiger charge is 2.26. The third-order valence-electron chi connectivity index (χ3n) is 3.37. The molecule has 4 nitrogen and oxygen atoms in total. The molecular weight excluding hydrogens is 224 g/mol. The minimum Gasteiger partial charge on any atom is -0.330 e. The number of hydrogen-bond acceptors (Lipinski definition) is 3. The highest BCUT2D eigenvalue weighted by Crippen LogP contribution is 2.23. The number of nitrogens with one attached hydrogen (secondary N) is 1. The first-order chi connectivity index (χ1) is 7.45. The molecule has 0 aliphatic heterocycles. The maximum Gasteiger partial charge on any atom is 0.211 e. The molecule has 0 amide bonds. The van der Waals surface area contributed by atoms with Crippen LogP contribution in [-0.2, 0) is 10.0 Å². The highest BCUT2D eigenvalue weighted by molar-refractivity contribution is 7.89. The van der Waals surface area contributed by atoms with Crippen LogP contribution in [0.5, 0.6) is 0 Å². The number of unbranched alkanes of at least 4 members (excludes halogenated alkanes) is 1. The van der Waals surface area contributed by atoms with Gasteiger partial charge in [-0.25, -0.2) is 13.1 Å². The first-order valence-electron chi connectivity index (χ1n) is 6.12. The Balaban J connectivity index is 4.30. The Morgan fingerprint density at radius 3 is 2.12 bits per heavy atom. The Bertz CT molecular complexity index is 263. The van der Waals surface area contributed by atoms with Gasteiger partial charge in [-0.05, 0) is 31.2 Å². The van der Waals surface area contributed by atoms with Crippen LogP contribution in [0.2, 0.25) is 0 Å². The lowest BCUT2D eigenvalue weighted by molar-refractivity contribution is 0.275. The van der Waals surface area contributed by atoms with Gasteiger partial charge in [0.15, 0.2) is 0 Å². The molecule has 0 aromatic carbocycles. The van der Waals surface area contributed by atoms with Gasteiger partial charge in [-0.2, -0.15) is 0 Å². The van der Waals surface area contributed by atoms with E-state index in [1.54, 1.807) is 0 Å². The molecule has 3 N–H and O–H groups in total. The van der Waals surface area contributed by atoms with Crippen molar-refractivity contribution in [1.29, 1.82) is 0 Å². The van der Waals surface area contributed by atoms with Crippen molar-refractivity contribution in [3.05, 3.63) is 0 Å². The average molecular weight is 250 g/mol. The van der Waals surface area contributed by atoms with Crippen molar-refractivity contribution in [3.63, 3.8) is 0 Å². The van der Waals surface area contributed by atoms with Gasteiger partial charge in [0.2, 0.25) is 10.0 Å². The summed E-state index contributed by atoms with van der Waals surface area (Å²) in [6.07, 6.45) is 3.40. The van der Waals surface area contributed by atoms with Gasteiger partial charge in [0.1, 0.15) is 0 Å². The Morgan fingerprint density at radius 1 is 1.19 bits per heavy atom. The monoisotopic (exact) mass is 250 g/mol. The van der Waals surface area contributed by atoms with Gasteiger partial charge < -0.3 is 5.73 Å². The standard InChI is InChI=1S/C11H26N2O2S/c1-4-7-8-16(14,15)13-10-11(5-2,6-3)9-12/h13H,4-10,12H2,1-3H3. The summed E-state index contributed by atoms with van der Waals surface area (Å²) >= 11 is 0. The molecule has 0 atom stereocenters. The van der Waals surface area contributed by atoms with Gasteiger partial charge in [-0.1, -0.05) is 27.2 Å². The molecule has 0 saturated carbocycles. The van der Waals surface area contributed by atoms with Crippen molar-refractivity contribution in [3.8, 4) is 0 Å². The second-order valence-corrected chi connectivity index (χ2v) is 6.33. The molecule has 0 rings (SSSR count). The third-order valence-corrected chi connectivity index (χ3v) is 4.78. The second kappa shape index (κ2) is 7.25. The smallest absolute Gasteiger partial charge is 0.211 e. The predicted molar refractivity (Wildman–Crippen MR) is 68.8 cm³/mol. The van der Waals surface area contributed by atoms with Crippen LogP contribution in [0.15, 0.2) is 0 Å². The topological polar surface area (TPSA) is 72.2 Å². The molecule has 0 aromatic rings. The van der Waals surface area contributed by atoms with Gasteiger partial charge in [-0.3, -0.25) is 0 Å². The van der Waals surface area contributed by atoms with Crippen molar-refractivity contribution >= 4 is 10.0 Å². The van der Waals surface area contributed by atoms with Crippen LogP contribution in [0.1, 0.15) is 46.5 Å². The van der Waals surface area contributed by atoms with E-state index in [0.29, 0.717) is 19.5 Å². The summed E-state index contributed by atoms with van der Waals surface area (Å²) in [6.45, 7) is 7.07. The fourth-order valence-corrected chi connectivity index (χ4v) is 2.87. The van der Waals surface area contributed by atoms with Crippen LogP contribution in [0.3, 0.4) is 0 Å². The van der Waals surface area contributed by atoms with E-state index in [2.05, 4.69) is 18.6 Å². The van der Waals surface area contributed by atoms with Crippen LogP contribution in [0.25, 0.3) is 0 Å². The molecule has 0 unspecified atom stereocenters. The molecule has 0 aliphatic rings. The van der Waals surface area contributed by atoms with E-state index in [9.17, 15) is 8.42 Å². The Hall–Kier alpha value is -0.130. The lowest BCUT2D eigenvalue weighted by Crippen LogP contribution is -2.42. The summed E-state index contributed by atoms with van der Waals surface area (Å²) in [6, 6.07) is 0. The number of hydrogen-bond donors (Lipinski definition) is 2. The largest absolute Gasteiger partial charge is 0.330 e. The summed E-state index contributed by atoms with van der Waals surface area (Å²) in [4.78, 5) is 0. The Morgan fingerprint density at radius 2 is 1.75 bits per heavy atom. The molecule has 0 heterocycles. The molecule has 98 valence electrons. The Kier molecular flexibility index (Phi) is 7.19. The van der Waals surface area contributed by atoms with Gasteiger partial charge in [-0.15, -0.1) is 0 Å². The zero-order valence-electron chi connectivity index (χ0n) is 10.8. The normalized spacial score (nSPS) is 13.0. The van der Waals surface area contributed by atoms with Crippen molar-refractivity contribution in [1.82, 2.24) is 4.72 Å². The van der Waals surface area contributed by atoms with Crippen LogP contribution in [0, 0.1) is 5.41 Å². The Labute approximate surface area is 100 Å². The second-order valence-electron chi connectivity index (χ2n) is 4.40. The summed E-state index contributed by atoms with van der Waals surface area (Å²) in [5, 5.41) is 0. The van der Waals surface area contributed by atoms with Crippen molar-refractivity contribution in [2.75, 3.05) is 18.8 Å². The van der Waals surface area contributed by atoms with Crippen molar-refractivity contribution in [2.45, 2.75) is 46.5 Å². The first-order valence-corrected chi connectivity index (χ1v) is 7.78. The van der Waals surface area contributed by atoms with Gasteiger partial charge >= 0.3 is 0 Å². The number of sulfonamides is 1. The molecule has 0 aromatic heterocycles. The number of rotatable bonds is 9. The molecule has 0 radical (unpaired) electrons. The van der Waals surface area contributed by atoms with Gasteiger partial charge in [0.05, 0.1) is 5.75 Å². The average Bonchev–Trinajstić information content (AvgIpc) is 2.29. The summed E-state index contributed by atoms with van der Waals surface area (Å²) < 4.78 is 25.9. The van der Waals surface area contributed by atoms with E-state index in [-0.39, 0.29) is 11.2 Å². The highest BCUT2D eigenvalue weighted by atomic mass is 32.2. The van der Waals surface area contributed by atoms with Gasteiger partial charge in [0, 0.05) is 6.54 Å². The van der Waals surface area contributed by atoms with Crippen LogP contribution in [-0.4, -0.2) is 27.3 Å². The van der Waals surface area contributed by atoms with E-state index in [1.165, 1.54) is 0 Å². The third kappa shape index (κ3) is 5.27. The van der Waals surface area contributed by atoms with Crippen LogP contribution >= 0.6 is 0 Å². The van der Waals surface area contributed by atoms with Crippen LogP contribution in [0.4, 0.5) is 0 Å². The molecule has 0 spiro atoms. The summed E-state index contributed by atoms with van der Waals surface area (Å²) in [7, 11) is -3.11. The lowest BCUT2D eigenvalue weighted by Gasteiger charge is -2.30. The zero-order valence-corrected chi connectivity index (χ0v) is 11.6. The minimum atomic E-state index is -3.11. The quantitative estimate of drug-likeness (QED) is 0.651. The lowest BCUT2D eigenvalue weighted by atomic mass is 9.83. The maximum atomic E-state index is 11.6. The van der Waals surface area contributed by atoms with E-state index < -0.39 is 10.0 Å². The molecule has 0 saturated heterocycles. The fraction of sp³-hybridized carbons (Fsp3) is 1.00. The van der Waals surface area contributed by atoms with Crippen molar-refractivity contribution < 1.29 is 8.42 Å². The fourth-order valence-electron chi connectivity index (χ4n) is 1.53. The molecule has 5 heteroatoms. The van der Waals surface area contributed by atoms with Gasteiger partial charge in [0.25, 0.3) is 0 Å². The maximum absolute atomic E-state index is 11.6. The SMILES string of the molecule is CCCCS(=O)(=O)NCC(CC)(CC)CN. The zero-order chi connectivity index (χ0) is 12.7. The van der Waals surface area contributed by atoms with E-state index in [4.69, 9.17) is 5.73 Å². The minimum absolute atomic E-state index is 0.0840. The predicted octanol–water partition coefficient (Wildman–Crippen LogP) is 1.47. The summed E-state index contributed by atoms with van der Waals surface area (Å²) in [5.74, 6) is 0.220. The molecule has 0 fully saturated rings. The van der Waals surface area contributed by atoms with Crippen molar-refractivity contribution in [2.24, 2.45) is 11.1 Å². The van der Waals surface area contributed by atoms with E-state index in [0.717, 1.165) is 19.3 Å². The molecule has 16 heavy (non-hydrogen) atoms. The van der Waals surface area contributed by atoms with E-state index in [1.807, 2.05) is 6.92 Å². The molecule has 0 aliphatic carbocycles. The van der Waals surface area contributed by atoms with Crippen LogP contribution < -0.4 is 10.5 Å². The number of nitrogens with two attached hydrogens (primary N) is 1.